The lowest BCUT2D eigenvalue weighted by Crippen LogP contribution is -2.31. The maximum Gasteiger partial charge on any atom is 0.433 e. The van der Waals surface area contributed by atoms with Crippen LogP contribution >= 0.6 is 0 Å². The molecule has 1 aliphatic heterocycles. The third-order valence-corrected chi connectivity index (χ3v) is 5.25. The van der Waals surface area contributed by atoms with Crippen LogP contribution in [0.1, 0.15) is 58.9 Å². The highest BCUT2D eigenvalue weighted by molar-refractivity contribution is 5.95. The fourth-order valence-electron chi connectivity index (χ4n) is 3.87. The SMILES string of the molecule is CCc1cc(C(F)(F)F)n2nc([C@H]3CCCN3C(=O)c3cn(C)nc3C)cc2n1. The number of aromatic nitrogens is 5. The number of fused-ring (bicyclic) bond motifs is 1. The molecular formula is C19H21F3N6O. The fourth-order valence-corrected chi connectivity index (χ4v) is 3.87. The van der Waals surface area contributed by atoms with Gasteiger partial charge in [-0.2, -0.15) is 23.4 Å². The van der Waals surface area contributed by atoms with Crippen LogP contribution in [-0.4, -0.2) is 41.7 Å². The van der Waals surface area contributed by atoms with Crippen molar-refractivity contribution in [1.29, 1.82) is 0 Å². The number of aryl methyl sites for hydroxylation is 3. The Morgan fingerprint density at radius 2 is 2.03 bits per heavy atom. The first-order chi connectivity index (χ1) is 13.7. The van der Waals surface area contributed by atoms with Gasteiger partial charge in [-0.1, -0.05) is 6.92 Å². The summed E-state index contributed by atoms with van der Waals surface area (Å²) in [5, 5.41) is 8.42. The number of likely N-dealkylation sites (tertiary alicyclic amines) is 1. The van der Waals surface area contributed by atoms with Gasteiger partial charge in [0.15, 0.2) is 5.65 Å². The van der Waals surface area contributed by atoms with Crippen LogP contribution in [-0.2, 0) is 19.6 Å². The molecule has 29 heavy (non-hydrogen) atoms. The average Bonchev–Trinajstić information content (AvgIpc) is 3.36. The summed E-state index contributed by atoms with van der Waals surface area (Å²) < 4.78 is 43.0. The molecule has 0 bridgehead atoms. The Bertz CT molecular complexity index is 1080. The van der Waals surface area contributed by atoms with Gasteiger partial charge in [-0.25, -0.2) is 9.50 Å². The highest BCUT2D eigenvalue weighted by Crippen LogP contribution is 2.35. The highest BCUT2D eigenvalue weighted by Gasteiger charge is 2.37. The van der Waals surface area contributed by atoms with E-state index in [-0.39, 0.29) is 11.6 Å². The second kappa shape index (κ2) is 6.85. The molecule has 1 aliphatic rings. The van der Waals surface area contributed by atoms with Gasteiger partial charge >= 0.3 is 6.18 Å². The summed E-state index contributed by atoms with van der Waals surface area (Å²) in [4.78, 5) is 19.0. The first kappa shape index (κ1) is 19.4. The third-order valence-electron chi connectivity index (χ3n) is 5.25. The molecule has 10 heteroatoms. The molecular weight excluding hydrogens is 385 g/mol. The topological polar surface area (TPSA) is 68.3 Å². The molecule has 4 rings (SSSR count). The maximum atomic E-state index is 13.5. The third kappa shape index (κ3) is 3.36. The van der Waals surface area contributed by atoms with Gasteiger partial charge in [-0.15, -0.1) is 0 Å². The monoisotopic (exact) mass is 406 g/mol. The summed E-state index contributed by atoms with van der Waals surface area (Å²) in [5.74, 6) is -0.187. The summed E-state index contributed by atoms with van der Waals surface area (Å²) in [6, 6.07) is 2.19. The van der Waals surface area contributed by atoms with Gasteiger partial charge in [0, 0.05) is 31.5 Å². The minimum Gasteiger partial charge on any atom is -0.330 e. The molecule has 0 aliphatic carbocycles. The van der Waals surface area contributed by atoms with Gasteiger partial charge in [0.2, 0.25) is 0 Å². The number of hydrogen-bond donors (Lipinski definition) is 0. The van der Waals surface area contributed by atoms with E-state index in [1.54, 1.807) is 42.7 Å². The molecule has 3 aromatic heterocycles. The van der Waals surface area contributed by atoms with Gasteiger partial charge in [-0.05, 0) is 32.3 Å². The Labute approximate surface area is 165 Å². The van der Waals surface area contributed by atoms with E-state index in [2.05, 4.69) is 15.2 Å². The smallest absolute Gasteiger partial charge is 0.330 e. The lowest BCUT2D eigenvalue weighted by molar-refractivity contribution is -0.142. The number of nitrogens with zero attached hydrogens (tertiary/aromatic N) is 6. The standard InChI is InChI=1S/C19H21F3N6O/c1-4-12-8-16(19(20,21)22)28-17(23-12)9-14(25-28)15-6-5-7-27(15)18(29)13-10-26(3)24-11(13)2/h8-10,15H,4-7H2,1-3H3/t15-/m1/s1. The lowest BCUT2D eigenvalue weighted by atomic mass is 10.1. The summed E-state index contributed by atoms with van der Waals surface area (Å²) in [5.41, 5.74) is 1.16. The van der Waals surface area contributed by atoms with Crippen LogP contribution in [0.4, 0.5) is 13.2 Å². The zero-order valence-corrected chi connectivity index (χ0v) is 16.4. The molecule has 0 saturated carbocycles. The summed E-state index contributed by atoms with van der Waals surface area (Å²) in [6.45, 7) is 4.03. The van der Waals surface area contributed by atoms with Crippen LogP contribution in [0.5, 0.6) is 0 Å². The predicted molar refractivity (Wildman–Crippen MR) is 98.3 cm³/mol. The molecule has 1 fully saturated rings. The van der Waals surface area contributed by atoms with E-state index in [0.717, 1.165) is 17.0 Å². The quantitative estimate of drug-likeness (QED) is 0.669. The van der Waals surface area contributed by atoms with Crippen molar-refractivity contribution in [2.45, 2.75) is 45.3 Å². The molecule has 0 radical (unpaired) electrons. The van der Waals surface area contributed by atoms with Crippen LogP contribution < -0.4 is 0 Å². The lowest BCUT2D eigenvalue weighted by Gasteiger charge is -2.23. The van der Waals surface area contributed by atoms with Crippen LogP contribution in [0.15, 0.2) is 18.3 Å². The number of alkyl halides is 3. The van der Waals surface area contributed by atoms with E-state index in [1.807, 2.05) is 0 Å². The first-order valence-electron chi connectivity index (χ1n) is 9.47. The van der Waals surface area contributed by atoms with Gasteiger partial charge in [0.1, 0.15) is 5.69 Å². The minimum atomic E-state index is -4.55. The van der Waals surface area contributed by atoms with E-state index in [1.165, 1.54) is 0 Å². The van der Waals surface area contributed by atoms with E-state index >= 15 is 0 Å². The number of carbonyl (C=O) groups excluding carboxylic acids is 1. The van der Waals surface area contributed by atoms with Gasteiger partial charge in [0.25, 0.3) is 5.91 Å². The Morgan fingerprint density at radius 1 is 1.28 bits per heavy atom. The Kier molecular flexibility index (Phi) is 4.59. The van der Waals surface area contributed by atoms with Crippen molar-refractivity contribution in [3.05, 3.63) is 46.7 Å². The molecule has 1 atom stereocenters. The van der Waals surface area contributed by atoms with Crippen molar-refractivity contribution >= 4 is 11.6 Å². The number of carbonyl (C=O) groups is 1. The maximum absolute atomic E-state index is 13.5. The summed E-state index contributed by atoms with van der Waals surface area (Å²) >= 11 is 0. The van der Waals surface area contributed by atoms with E-state index in [0.29, 0.717) is 42.0 Å². The second-order valence-corrected chi connectivity index (χ2v) is 7.28. The van der Waals surface area contributed by atoms with Crippen molar-refractivity contribution in [2.24, 2.45) is 7.05 Å². The largest absolute Gasteiger partial charge is 0.433 e. The Morgan fingerprint density at radius 3 is 2.66 bits per heavy atom. The Hall–Kier alpha value is -2.91. The number of amides is 1. The second-order valence-electron chi connectivity index (χ2n) is 7.28. The molecule has 1 amide bonds. The van der Waals surface area contributed by atoms with Gasteiger partial charge in [0.05, 0.1) is 23.0 Å². The van der Waals surface area contributed by atoms with E-state index in [9.17, 15) is 18.0 Å². The minimum absolute atomic E-state index is 0.142. The predicted octanol–water partition coefficient (Wildman–Crippen LogP) is 3.33. The summed E-state index contributed by atoms with van der Waals surface area (Å²) in [7, 11) is 1.74. The summed E-state index contributed by atoms with van der Waals surface area (Å²) in [6.07, 6.45) is -1.12. The van der Waals surface area contributed by atoms with Crippen molar-refractivity contribution in [3.8, 4) is 0 Å². The molecule has 1 saturated heterocycles. The fraction of sp³-hybridized carbons (Fsp3) is 0.474. The van der Waals surface area contributed by atoms with Crippen LogP contribution in [0.25, 0.3) is 5.65 Å². The zero-order valence-electron chi connectivity index (χ0n) is 16.4. The van der Waals surface area contributed by atoms with Crippen molar-refractivity contribution in [2.75, 3.05) is 6.54 Å². The number of rotatable bonds is 3. The first-order valence-corrected chi connectivity index (χ1v) is 9.47. The van der Waals surface area contributed by atoms with Crippen LogP contribution in [0.3, 0.4) is 0 Å². The van der Waals surface area contributed by atoms with Crippen molar-refractivity contribution in [3.63, 3.8) is 0 Å². The van der Waals surface area contributed by atoms with Crippen molar-refractivity contribution in [1.82, 2.24) is 29.3 Å². The molecule has 4 heterocycles. The van der Waals surface area contributed by atoms with E-state index < -0.39 is 17.9 Å². The molecule has 0 N–H and O–H groups in total. The zero-order chi connectivity index (χ0) is 20.9. The molecule has 7 nitrogen and oxygen atoms in total. The normalized spacial score (nSPS) is 17.4. The van der Waals surface area contributed by atoms with Gasteiger partial charge < -0.3 is 4.90 Å². The Balaban J connectivity index is 1.75. The van der Waals surface area contributed by atoms with Crippen molar-refractivity contribution < 1.29 is 18.0 Å². The van der Waals surface area contributed by atoms with Crippen LogP contribution in [0, 0.1) is 6.92 Å². The number of halogens is 3. The molecule has 0 unspecified atom stereocenters. The molecule has 0 aromatic carbocycles. The molecule has 0 spiro atoms. The highest BCUT2D eigenvalue weighted by atomic mass is 19.4. The van der Waals surface area contributed by atoms with Crippen LogP contribution in [0.2, 0.25) is 0 Å². The van der Waals surface area contributed by atoms with E-state index in [4.69, 9.17) is 0 Å². The molecule has 3 aromatic rings. The van der Waals surface area contributed by atoms with Gasteiger partial charge in [-0.3, -0.25) is 9.48 Å². The average molecular weight is 406 g/mol. The number of hydrogen-bond acceptors (Lipinski definition) is 4. The molecule has 154 valence electrons.